The Balaban J connectivity index is 1.52. The molecular weight excluding hydrogens is 356 g/mol. The van der Waals surface area contributed by atoms with E-state index in [-0.39, 0.29) is 5.91 Å². The number of hydrogen-bond donors (Lipinski definition) is 1. The molecular formula is C22H28N2O2S. The fourth-order valence-electron chi connectivity index (χ4n) is 3.46. The first-order chi connectivity index (χ1) is 13.1. The van der Waals surface area contributed by atoms with Gasteiger partial charge in [-0.3, -0.25) is 13.9 Å². The monoisotopic (exact) mass is 384 g/mol. The third-order valence-corrected chi connectivity index (χ3v) is 5.63. The molecule has 0 aliphatic carbocycles. The van der Waals surface area contributed by atoms with Crippen LogP contribution in [0.15, 0.2) is 48.5 Å². The zero-order chi connectivity index (χ0) is 19.1. The SMILES string of the molecule is CS(=O)Cc1cccc(C(=O)NCc2ccc(CN3CCCCC3)cc2)c1. The number of carbonyl (C=O) groups is 1. The molecule has 1 heterocycles. The second kappa shape index (κ2) is 9.81. The smallest absolute Gasteiger partial charge is 0.251 e. The summed E-state index contributed by atoms with van der Waals surface area (Å²) in [4.78, 5) is 14.9. The van der Waals surface area contributed by atoms with Gasteiger partial charge in [-0.25, -0.2) is 0 Å². The molecule has 4 nitrogen and oxygen atoms in total. The van der Waals surface area contributed by atoms with Crippen molar-refractivity contribution < 1.29 is 9.00 Å². The van der Waals surface area contributed by atoms with E-state index in [1.54, 1.807) is 12.3 Å². The molecule has 0 bridgehead atoms. The van der Waals surface area contributed by atoms with Crippen LogP contribution in [0.3, 0.4) is 0 Å². The van der Waals surface area contributed by atoms with Crippen molar-refractivity contribution in [1.29, 1.82) is 0 Å². The Bertz CT molecular complexity index is 783. The minimum atomic E-state index is -0.912. The molecule has 5 heteroatoms. The lowest BCUT2D eigenvalue weighted by Crippen LogP contribution is -2.29. The maximum Gasteiger partial charge on any atom is 0.251 e. The average Bonchev–Trinajstić information content (AvgIpc) is 2.68. The number of hydrogen-bond acceptors (Lipinski definition) is 3. The number of nitrogens with one attached hydrogen (secondary N) is 1. The maximum absolute atomic E-state index is 12.4. The third-order valence-electron chi connectivity index (χ3n) is 4.89. The van der Waals surface area contributed by atoms with Gasteiger partial charge in [0.2, 0.25) is 0 Å². The van der Waals surface area contributed by atoms with Gasteiger partial charge in [-0.15, -0.1) is 0 Å². The number of benzene rings is 2. The lowest BCUT2D eigenvalue weighted by molar-refractivity contribution is 0.0951. The highest BCUT2D eigenvalue weighted by Gasteiger charge is 2.10. The molecule has 1 amide bonds. The van der Waals surface area contributed by atoms with Gasteiger partial charge in [0, 0.05) is 41.5 Å². The van der Waals surface area contributed by atoms with E-state index in [0.717, 1.165) is 17.7 Å². The summed E-state index contributed by atoms with van der Waals surface area (Å²) < 4.78 is 11.4. The van der Waals surface area contributed by atoms with Crippen molar-refractivity contribution in [2.75, 3.05) is 19.3 Å². The first-order valence-corrected chi connectivity index (χ1v) is 11.3. The molecule has 0 aromatic heterocycles. The van der Waals surface area contributed by atoms with Crippen LogP contribution in [0.4, 0.5) is 0 Å². The van der Waals surface area contributed by atoms with Gasteiger partial charge in [-0.05, 0) is 54.8 Å². The molecule has 1 saturated heterocycles. The Morgan fingerprint density at radius 3 is 2.41 bits per heavy atom. The fourth-order valence-corrected chi connectivity index (χ4v) is 4.11. The Morgan fingerprint density at radius 1 is 1.00 bits per heavy atom. The normalized spacial score (nSPS) is 16.0. The number of likely N-dealkylation sites (tertiary alicyclic amines) is 1. The lowest BCUT2D eigenvalue weighted by atomic mass is 10.1. The molecule has 3 rings (SSSR count). The highest BCUT2D eigenvalue weighted by Crippen LogP contribution is 2.14. The predicted octanol–water partition coefficient (Wildman–Crippen LogP) is 3.48. The second-order valence-electron chi connectivity index (χ2n) is 7.25. The molecule has 2 aromatic rings. The van der Waals surface area contributed by atoms with Crippen LogP contribution in [0.1, 0.15) is 46.3 Å². The maximum atomic E-state index is 12.4. The Labute approximate surface area is 164 Å². The van der Waals surface area contributed by atoms with E-state index < -0.39 is 10.8 Å². The largest absolute Gasteiger partial charge is 0.348 e. The van der Waals surface area contributed by atoms with Crippen LogP contribution in [-0.4, -0.2) is 34.4 Å². The molecule has 1 N–H and O–H groups in total. The molecule has 1 atom stereocenters. The van der Waals surface area contributed by atoms with Crippen molar-refractivity contribution in [2.45, 2.75) is 38.1 Å². The van der Waals surface area contributed by atoms with Crippen LogP contribution in [0.5, 0.6) is 0 Å². The van der Waals surface area contributed by atoms with Crippen molar-refractivity contribution in [3.05, 3.63) is 70.8 Å². The zero-order valence-corrected chi connectivity index (χ0v) is 16.8. The van der Waals surface area contributed by atoms with E-state index in [1.807, 2.05) is 18.2 Å². The molecule has 27 heavy (non-hydrogen) atoms. The Kier molecular flexibility index (Phi) is 7.18. The van der Waals surface area contributed by atoms with E-state index in [1.165, 1.54) is 37.9 Å². The number of nitrogens with zero attached hydrogens (tertiary/aromatic N) is 1. The molecule has 144 valence electrons. The van der Waals surface area contributed by atoms with Gasteiger partial charge in [-0.1, -0.05) is 42.8 Å². The Morgan fingerprint density at radius 2 is 1.70 bits per heavy atom. The number of amides is 1. The van der Waals surface area contributed by atoms with Gasteiger partial charge in [0.25, 0.3) is 5.91 Å². The minimum Gasteiger partial charge on any atom is -0.348 e. The van der Waals surface area contributed by atoms with Gasteiger partial charge < -0.3 is 5.32 Å². The van der Waals surface area contributed by atoms with Gasteiger partial charge in [0.1, 0.15) is 0 Å². The van der Waals surface area contributed by atoms with E-state index in [4.69, 9.17) is 0 Å². The molecule has 1 unspecified atom stereocenters. The van der Waals surface area contributed by atoms with E-state index in [2.05, 4.69) is 34.5 Å². The van der Waals surface area contributed by atoms with E-state index >= 15 is 0 Å². The molecule has 1 aliphatic rings. The van der Waals surface area contributed by atoms with Crippen LogP contribution >= 0.6 is 0 Å². The average molecular weight is 385 g/mol. The summed E-state index contributed by atoms with van der Waals surface area (Å²) in [6, 6.07) is 15.9. The van der Waals surface area contributed by atoms with Crippen molar-refractivity contribution in [3.8, 4) is 0 Å². The standard InChI is InChI=1S/C22H28N2O2S/c1-27(26)17-20-6-5-7-21(14-20)22(25)23-15-18-8-10-19(11-9-18)16-24-12-3-2-4-13-24/h5-11,14H,2-4,12-13,15-17H2,1H3,(H,23,25). The number of carbonyl (C=O) groups excluding carboxylic acids is 1. The Hall–Kier alpha value is -1.98. The van der Waals surface area contributed by atoms with Crippen LogP contribution in [0.25, 0.3) is 0 Å². The molecule has 2 aromatic carbocycles. The summed E-state index contributed by atoms with van der Waals surface area (Å²) in [6.07, 6.45) is 5.63. The van der Waals surface area contributed by atoms with Gasteiger partial charge in [0.05, 0.1) is 0 Å². The van der Waals surface area contributed by atoms with Crippen molar-refractivity contribution in [2.24, 2.45) is 0 Å². The summed E-state index contributed by atoms with van der Waals surface area (Å²) >= 11 is 0. The van der Waals surface area contributed by atoms with Crippen LogP contribution in [0, 0.1) is 0 Å². The predicted molar refractivity (Wildman–Crippen MR) is 111 cm³/mol. The minimum absolute atomic E-state index is 0.101. The third kappa shape index (κ3) is 6.29. The van der Waals surface area contributed by atoms with Crippen molar-refractivity contribution >= 4 is 16.7 Å². The molecule has 1 fully saturated rings. The lowest BCUT2D eigenvalue weighted by Gasteiger charge is -2.26. The van der Waals surface area contributed by atoms with Crippen LogP contribution in [0.2, 0.25) is 0 Å². The zero-order valence-electron chi connectivity index (χ0n) is 15.9. The highest BCUT2D eigenvalue weighted by atomic mass is 32.2. The first-order valence-electron chi connectivity index (χ1n) is 9.57. The van der Waals surface area contributed by atoms with Crippen molar-refractivity contribution in [3.63, 3.8) is 0 Å². The molecule has 0 spiro atoms. The van der Waals surface area contributed by atoms with Crippen LogP contribution in [-0.2, 0) is 29.6 Å². The summed E-state index contributed by atoms with van der Waals surface area (Å²) in [6.45, 7) is 3.91. The summed E-state index contributed by atoms with van der Waals surface area (Å²) in [5.74, 6) is 0.371. The molecule has 0 radical (unpaired) electrons. The quantitative estimate of drug-likeness (QED) is 0.795. The number of piperidine rings is 1. The topological polar surface area (TPSA) is 49.4 Å². The molecule has 0 saturated carbocycles. The second-order valence-corrected chi connectivity index (χ2v) is 8.69. The first kappa shape index (κ1) is 19.8. The summed E-state index contributed by atoms with van der Waals surface area (Å²) in [5.41, 5.74) is 3.95. The van der Waals surface area contributed by atoms with E-state index in [9.17, 15) is 9.00 Å². The number of rotatable bonds is 7. The summed E-state index contributed by atoms with van der Waals surface area (Å²) in [7, 11) is -0.912. The van der Waals surface area contributed by atoms with Crippen molar-refractivity contribution in [1.82, 2.24) is 10.2 Å². The highest BCUT2D eigenvalue weighted by molar-refractivity contribution is 7.83. The van der Waals surface area contributed by atoms with E-state index in [0.29, 0.717) is 17.9 Å². The fraction of sp³-hybridized carbons (Fsp3) is 0.409. The van der Waals surface area contributed by atoms with Gasteiger partial charge in [-0.2, -0.15) is 0 Å². The van der Waals surface area contributed by atoms with Gasteiger partial charge >= 0.3 is 0 Å². The summed E-state index contributed by atoms with van der Waals surface area (Å²) in [5, 5.41) is 2.97. The molecule has 1 aliphatic heterocycles. The van der Waals surface area contributed by atoms with Crippen LogP contribution < -0.4 is 5.32 Å². The van der Waals surface area contributed by atoms with Gasteiger partial charge in [0.15, 0.2) is 0 Å².